The van der Waals surface area contributed by atoms with E-state index in [4.69, 9.17) is 4.43 Å². The molecule has 0 radical (unpaired) electrons. The van der Waals surface area contributed by atoms with Crippen LogP contribution in [0.4, 0.5) is 0 Å². The van der Waals surface area contributed by atoms with Gasteiger partial charge in [-0.2, -0.15) is 0 Å². The first kappa shape index (κ1) is 14.1. The molecule has 0 fully saturated rings. The number of carbonyl (C=O) groups is 1. The van der Waals surface area contributed by atoms with Crippen LogP contribution in [0.5, 0.6) is 0 Å². The van der Waals surface area contributed by atoms with Crippen LogP contribution in [-0.4, -0.2) is 15.3 Å². The fourth-order valence-electron chi connectivity index (χ4n) is 1.87. The quantitative estimate of drug-likeness (QED) is 0.603. The van der Waals surface area contributed by atoms with Crippen molar-refractivity contribution >= 4 is 15.3 Å². The predicted octanol–water partition coefficient (Wildman–Crippen LogP) is 3.59. The van der Waals surface area contributed by atoms with Crippen LogP contribution in [0.3, 0.4) is 0 Å². The Morgan fingerprint density at radius 1 is 1.24 bits per heavy atom. The summed E-state index contributed by atoms with van der Waals surface area (Å²) in [5, 5.41) is 0. The lowest BCUT2D eigenvalue weighted by Gasteiger charge is -2.33. The van der Waals surface area contributed by atoms with Gasteiger partial charge in [-0.05, 0) is 24.1 Å². The molecule has 0 saturated heterocycles. The van der Waals surface area contributed by atoms with E-state index in [1.54, 1.807) is 0 Å². The number of rotatable bonds is 4. The van der Waals surface area contributed by atoms with E-state index < -0.39 is 9.04 Å². The lowest BCUT2D eigenvalue weighted by atomic mass is 9.83. The average Bonchev–Trinajstić information content (AvgIpc) is 2.24. The first-order chi connectivity index (χ1) is 7.86. The van der Waals surface area contributed by atoms with E-state index >= 15 is 0 Å². The van der Waals surface area contributed by atoms with Crippen LogP contribution >= 0.6 is 0 Å². The van der Waals surface area contributed by atoms with Crippen LogP contribution in [-0.2, 0) is 4.43 Å². The topological polar surface area (TPSA) is 26.3 Å². The van der Waals surface area contributed by atoms with Crippen molar-refractivity contribution in [2.45, 2.75) is 40.0 Å². The predicted molar refractivity (Wildman–Crippen MR) is 74.0 cm³/mol. The number of benzene rings is 1. The van der Waals surface area contributed by atoms with Crippen LogP contribution < -0.4 is 0 Å². The molecular formula is C14H22O2Si. The summed E-state index contributed by atoms with van der Waals surface area (Å²) in [5.74, 6) is 0. The molecule has 0 spiro atoms. The van der Waals surface area contributed by atoms with Gasteiger partial charge in [0.15, 0.2) is 9.04 Å². The lowest BCUT2D eigenvalue weighted by molar-refractivity contribution is 0.0849. The molecule has 0 bridgehead atoms. The monoisotopic (exact) mass is 250 g/mol. The van der Waals surface area contributed by atoms with Crippen LogP contribution in [0, 0.1) is 5.41 Å². The maximum atomic E-state index is 11.1. The van der Waals surface area contributed by atoms with E-state index in [1.807, 2.05) is 24.3 Å². The summed E-state index contributed by atoms with van der Waals surface area (Å²) >= 11 is 0. The molecule has 0 aliphatic carbocycles. The lowest BCUT2D eigenvalue weighted by Crippen LogP contribution is -2.26. The summed E-state index contributed by atoms with van der Waals surface area (Å²) in [7, 11) is -1.15. The van der Waals surface area contributed by atoms with Crippen LogP contribution in [0.2, 0.25) is 13.1 Å². The van der Waals surface area contributed by atoms with Gasteiger partial charge in [0.05, 0.1) is 6.10 Å². The zero-order valence-electron chi connectivity index (χ0n) is 11.4. The second-order valence-corrected chi connectivity index (χ2v) is 8.05. The van der Waals surface area contributed by atoms with Crippen molar-refractivity contribution in [2.75, 3.05) is 0 Å². The van der Waals surface area contributed by atoms with Gasteiger partial charge in [0, 0.05) is 5.56 Å². The first-order valence-corrected chi connectivity index (χ1v) is 8.84. The molecule has 1 aromatic carbocycles. The van der Waals surface area contributed by atoms with E-state index in [0.29, 0.717) is 0 Å². The molecule has 0 aliphatic rings. The van der Waals surface area contributed by atoms with Gasteiger partial charge < -0.3 is 4.43 Å². The van der Waals surface area contributed by atoms with E-state index in [2.05, 4.69) is 33.9 Å². The summed E-state index contributed by atoms with van der Waals surface area (Å²) in [6, 6.07) is 7.70. The van der Waals surface area contributed by atoms with Gasteiger partial charge in [-0.15, -0.1) is 0 Å². The molecule has 94 valence electrons. The summed E-state index contributed by atoms with van der Waals surface area (Å²) in [6.07, 6.45) is 0.912. The molecule has 2 nitrogen and oxygen atoms in total. The molecule has 0 saturated carbocycles. The van der Waals surface area contributed by atoms with Crippen molar-refractivity contribution in [1.29, 1.82) is 0 Å². The average molecular weight is 250 g/mol. The molecule has 0 aliphatic heterocycles. The molecule has 1 rings (SSSR count). The van der Waals surface area contributed by atoms with Crippen LogP contribution in [0.1, 0.15) is 42.8 Å². The van der Waals surface area contributed by atoms with Crippen LogP contribution in [0.25, 0.3) is 0 Å². The number of carbonyl (C=O) groups excluding carboxylic acids is 1. The van der Waals surface area contributed by atoms with E-state index in [1.165, 1.54) is 0 Å². The van der Waals surface area contributed by atoms with E-state index in [9.17, 15) is 4.79 Å². The van der Waals surface area contributed by atoms with Crippen molar-refractivity contribution in [1.82, 2.24) is 0 Å². The summed E-state index contributed by atoms with van der Waals surface area (Å²) in [4.78, 5) is 11.1. The zero-order valence-corrected chi connectivity index (χ0v) is 12.5. The Morgan fingerprint density at radius 2 is 1.82 bits per heavy atom. The molecule has 0 aromatic heterocycles. The highest BCUT2D eigenvalue weighted by Crippen LogP contribution is 2.37. The maximum absolute atomic E-state index is 11.1. The Hall–Kier alpha value is -0.933. The Morgan fingerprint density at radius 3 is 2.29 bits per heavy atom. The molecule has 0 amide bonds. The first-order valence-electron chi connectivity index (χ1n) is 6.06. The third-order valence-electron chi connectivity index (χ3n) is 2.60. The van der Waals surface area contributed by atoms with Gasteiger partial charge in [-0.1, -0.05) is 45.0 Å². The van der Waals surface area contributed by atoms with Gasteiger partial charge in [0.2, 0.25) is 0 Å². The zero-order chi connectivity index (χ0) is 13.1. The molecule has 3 heteroatoms. The Kier molecular flexibility index (Phi) is 4.66. The minimum Gasteiger partial charge on any atom is -0.413 e. The molecule has 0 N–H and O–H groups in total. The van der Waals surface area contributed by atoms with Gasteiger partial charge in [-0.25, -0.2) is 0 Å². The second-order valence-electron chi connectivity index (χ2n) is 5.68. The SMILES string of the molecule is C[SiH](C)OC(c1ccccc1C=O)C(C)(C)C. The Labute approximate surface area is 106 Å². The third-order valence-corrected chi connectivity index (χ3v) is 3.42. The summed E-state index contributed by atoms with van der Waals surface area (Å²) in [6.45, 7) is 10.8. The molecule has 1 unspecified atom stereocenters. The van der Waals surface area contributed by atoms with Crippen molar-refractivity contribution in [2.24, 2.45) is 5.41 Å². The highest BCUT2D eigenvalue weighted by Gasteiger charge is 2.29. The smallest absolute Gasteiger partial charge is 0.171 e. The minimum absolute atomic E-state index is 0.00359. The highest BCUT2D eigenvalue weighted by atomic mass is 28.3. The van der Waals surface area contributed by atoms with Gasteiger partial charge in [0.1, 0.15) is 6.29 Å². The van der Waals surface area contributed by atoms with Gasteiger partial charge in [-0.3, -0.25) is 4.79 Å². The normalized spacial score (nSPS) is 13.8. The Balaban J connectivity index is 3.17. The standard InChI is InChI=1S/C14H22O2Si/c1-14(2,3)13(16-17(4)5)12-9-7-6-8-11(12)10-15/h6-10,13,17H,1-5H3. The fraction of sp³-hybridized carbons (Fsp3) is 0.500. The molecular weight excluding hydrogens is 228 g/mol. The van der Waals surface area contributed by atoms with Crippen molar-refractivity contribution in [3.63, 3.8) is 0 Å². The maximum Gasteiger partial charge on any atom is 0.171 e. The summed E-state index contributed by atoms with van der Waals surface area (Å²) < 4.78 is 6.12. The Bertz CT molecular complexity index is 380. The molecule has 17 heavy (non-hydrogen) atoms. The molecule has 1 aromatic rings. The largest absolute Gasteiger partial charge is 0.413 e. The number of hydrogen-bond acceptors (Lipinski definition) is 2. The van der Waals surface area contributed by atoms with E-state index in [0.717, 1.165) is 17.4 Å². The second kappa shape index (κ2) is 5.60. The highest BCUT2D eigenvalue weighted by molar-refractivity contribution is 6.48. The number of hydrogen-bond donors (Lipinski definition) is 0. The van der Waals surface area contributed by atoms with Crippen molar-refractivity contribution < 1.29 is 9.22 Å². The molecule has 1 atom stereocenters. The summed E-state index contributed by atoms with van der Waals surface area (Å²) in [5.41, 5.74) is 1.74. The van der Waals surface area contributed by atoms with Crippen molar-refractivity contribution in [3.05, 3.63) is 35.4 Å². The number of aldehydes is 1. The third kappa shape index (κ3) is 3.79. The molecule has 0 heterocycles. The van der Waals surface area contributed by atoms with Crippen LogP contribution in [0.15, 0.2) is 24.3 Å². The van der Waals surface area contributed by atoms with Crippen molar-refractivity contribution in [3.8, 4) is 0 Å². The van der Waals surface area contributed by atoms with Gasteiger partial charge >= 0.3 is 0 Å². The van der Waals surface area contributed by atoms with Gasteiger partial charge in [0.25, 0.3) is 0 Å². The fourth-order valence-corrected chi connectivity index (χ4v) is 2.97. The van der Waals surface area contributed by atoms with E-state index in [-0.39, 0.29) is 11.5 Å². The minimum atomic E-state index is -1.15.